The first-order valence-electron chi connectivity index (χ1n) is 9.57. The third-order valence-electron chi connectivity index (χ3n) is 4.91. The minimum Gasteiger partial charge on any atom is -0.348 e. The van der Waals surface area contributed by atoms with E-state index in [1.54, 1.807) is 13.8 Å². The molecule has 2 unspecified atom stereocenters. The molecule has 0 aliphatic heterocycles. The molecule has 9 heteroatoms. The van der Waals surface area contributed by atoms with Gasteiger partial charge < -0.3 is 5.32 Å². The Morgan fingerprint density at radius 1 is 1.17 bits per heavy atom. The number of rotatable bonds is 8. The number of nitro benzene ring substituents is 1. The topological polar surface area (TPSA) is 110 Å². The summed E-state index contributed by atoms with van der Waals surface area (Å²) < 4.78 is 26.3. The number of nitrogens with zero attached hydrogens (tertiary/aromatic N) is 2. The van der Waals surface area contributed by atoms with Gasteiger partial charge in [-0.25, -0.2) is 8.42 Å². The fraction of sp³-hybridized carbons (Fsp3) is 0.381. The molecule has 0 bridgehead atoms. The van der Waals surface area contributed by atoms with Gasteiger partial charge in [0.25, 0.3) is 5.69 Å². The second-order valence-electron chi connectivity index (χ2n) is 7.35. The molecule has 162 valence electrons. The van der Waals surface area contributed by atoms with E-state index in [2.05, 4.69) is 5.32 Å². The first-order chi connectivity index (χ1) is 14.0. The SMILES string of the molecule is CCC(C(=O)NC(C)c1ccc(C)cc1)N(c1cc([N+](=O)[O-])ccc1C)S(C)(=O)=O. The van der Waals surface area contributed by atoms with Crippen molar-refractivity contribution in [3.8, 4) is 0 Å². The number of carbonyl (C=O) groups excluding carboxylic acids is 1. The monoisotopic (exact) mass is 433 g/mol. The highest BCUT2D eigenvalue weighted by Crippen LogP contribution is 2.30. The Bertz CT molecular complexity index is 1040. The summed E-state index contributed by atoms with van der Waals surface area (Å²) >= 11 is 0. The van der Waals surface area contributed by atoms with Crippen molar-refractivity contribution in [2.45, 2.75) is 46.2 Å². The zero-order valence-corrected chi connectivity index (χ0v) is 18.6. The van der Waals surface area contributed by atoms with E-state index in [0.717, 1.165) is 21.7 Å². The van der Waals surface area contributed by atoms with E-state index < -0.39 is 26.9 Å². The predicted molar refractivity (Wildman–Crippen MR) is 117 cm³/mol. The Hall–Kier alpha value is -2.94. The number of hydrogen-bond donors (Lipinski definition) is 1. The highest BCUT2D eigenvalue weighted by atomic mass is 32.2. The first kappa shape index (κ1) is 23.3. The van der Waals surface area contributed by atoms with Crippen molar-refractivity contribution in [1.82, 2.24) is 5.32 Å². The minimum absolute atomic E-state index is 0.122. The summed E-state index contributed by atoms with van der Waals surface area (Å²) in [5.41, 5.74) is 2.38. The van der Waals surface area contributed by atoms with Crippen molar-refractivity contribution in [2.24, 2.45) is 0 Å². The van der Waals surface area contributed by atoms with Crippen molar-refractivity contribution in [3.63, 3.8) is 0 Å². The molecule has 1 amide bonds. The normalized spacial score (nSPS) is 13.4. The van der Waals surface area contributed by atoms with Crippen molar-refractivity contribution in [3.05, 3.63) is 69.3 Å². The predicted octanol–water partition coefficient (Wildman–Crippen LogP) is 3.63. The Labute approximate surface area is 177 Å². The summed E-state index contributed by atoms with van der Waals surface area (Å²) in [4.78, 5) is 23.7. The zero-order valence-electron chi connectivity index (χ0n) is 17.7. The molecule has 0 aliphatic rings. The van der Waals surface area contributed by atoms with E-state index >= 15 is 0 Å². The van der Waals surface area contributed by atoms with Gasteiger partial charge in [0.15, 0.2) is 0 Å². The Morgan fingerprint density at radius 2 is 1.77 bits per heavy atom. The molecular weight excluding hydrogens is 406 g/mol. The molecule has 30 heavy (non-hydrogen) atoms. The fourth-order valence-electron chi connectivity index (χ4n) is 3.23. The number of aryl methyl sites for hydroxylation is 2. The van der Waals surface area contributed by atoms with Crippen LogP contribution in [0.4, 0.5) is 11.4 Å². The van der Waals surface area contributed by atoms with Crippen LogP contribution in [0.15, 0.2) is 42.5 Å². The van der Waals surface area contributed by atoms with Crippen molar-refractivity contribution in [1.29, 1.82) is 0 Å². The van der Waals surface area contributed by atoms with E-state index in [9.17, 15) is 23.3 Å². The van der Waals surface area contributed by atoms with E-state index in [1.165, 1.54) is 18.2 Å². The minimum atomic E-state index is -3.90. The van der Waals surface area contributed by atoms with E-state index in [1.807, 2.05) is 38.1 Å². The summed E-state index contributed by atoms with van der Waals surface area (Å²) in [6, 6.07) is 10.3. The maximum atomic E-state index is 13.1. The fourth-order valence-corrected chi connectivity index (χ4v) is 4.49. The quantitative estimate of drug-likeness (QED) is 0.505. The summed E-state index contributed by atoms with van der Waals surface area (Å²) in [5, 5.41) is 14.1. The number of nitrogens with one attached hydrogen (secondary N) is 1. The van der Waals surface area contributed by atoms with Crippen molar-refractivity contribution >= 4 is 27.3 Å². The van der Waals surface area contributed by atoms with Gasteiger partial charge in [-0.15, -0.1) is 0 Å². The van der Waals surface area contributed by atoms with Crippen LogP contribution < -0.4 is 9.62 Å². The molecular formula is C21H27N3O5S. The van der Waals surface area contributed by atoms with Gasteiger partial charge in [0, 0.05) is 12.1 Å². The number of non-ortho nitro benzene ring substituents is 1. The molecule has 2 aromatic carbocycles. The second-order valence-corrected chi connectivity index (χ2v) is 9.21. The molecule has 0 heterocycles. The standard InChI is InChI=1S/C21H27N3O5S/c1-6-19(21(25)22-16(4)17-10-7-14(2)8-11-17)23(30(5,28)29)20-13-18(24(26)27)12-9-15(20)3/h7-13,16,19H,6H2,1-5H3,(H,22,25). The molecule has 0 saturated heterocycles. The molecule has 8 nitrogen and oxygen atoms in total. The van der Waals surface area contributed by atoms with Crippen LogP contribution in [0.3, 0.4) is 0 Å². The molecule has 0 fully saturated rings. The van der Waals surface area contributed by atoms with Gasteiger partial charge in [-0.1, -0.05) is 42.8 Å². The van der Waals surface area contributed by atoms with Crippen LogP contribution in [0.5, 0.6) is 0 Å². The molecule has 0 radical (unpaired) electrons. The van der Waals surface area contributed by atoms with Gasteiger partial charge in [0.2, 0.25) is 15.9 Å². The maximum Gasteiger partial charge on any atom is 0.271 e. The molecule has 1 N–H and O–H groups in total. The summed E-state index contributed by atoms with van der Waals surface area (Å²) in [7, 11) is -3.90. The van der Waals surface area contributed by atoms with Gasteiger partial charge in [-0.2, -0.15) is 0 Å². The van der Waals surface area contributed by atoms with Crippen molar-refractivity contribution in [2.75, 3.05) is 10.6 Å². The molecule has 0 saturated carbocycles. The number of anilines is 1. The smallest absolute Gasteiger partial charge is 0.271 e. The average molecular weight is 434 g/mol. The van der Waals surface area contributed by atoms with Crippen LogP contribution in [0.2, 0.25) is 0 Å². The van der Waals surface area contributed by atoms with Gasteiger partial charge >= 0.3 is 0 Å². The Morgan fingerprint density at radius 3 is 2.27 bits per heavy atom. The van der Waals surface area contributed by atoms with E-state index in [-0.39, 0.29) is 23.8 Å². The average Bonchev–Trinajstić information content (AvgIpc) is 2.66. The third-order valence-corrected chi connectivity index (χ3v) is 6.07. The number of nitro groups is 1. The van der Waals surface area contributed by atoms with Crippen LogP contribution in [0.1, 0.15) is 43.0 Å². The molecule has 0 aromatic heterocycles. The van der Waals surface area contributed by atoms with Gasteiger partial charge in [0.1, 0.15) is 6.04 Å². The number of hydrogen-bond acceptors (Lipinski definition) is 5. The van der Waals surface area contributed by atoms with Gasteiger partial charge in [-0.05, 0) is 38.3 Å². The summed E-state index contributed by atoms with van der Waals surface area (Å²) in [5.74, 6) is -0.470. The third kappa shape index (κ3) is 5.35. The highest BCUT2D eigenvalue weighted by Gasteiger charge is 2.33. The lowest BCUT2D eigenvalue weighted by Gasteiger charge is -2.32. The lowest BCUT2D eigenvalue weighted by atomic mass is 10.1. The molecule has 2 rings (SSSR count). The lowest BCUT2D eigenvalue weighted by molar-refractivity contribution is -0.384. The van der Waals surface area contributed by atoms with Gasteiger partial charge in [0.05, 0.1) is 22.9 Å². The van der Waals surface area contributed by atoms with Crippen LogP contribution in [0.25, 0.3) is 0 Å². The molecule has 2 aromatic rings. The maximum absolute atomic E-state index is 13.1. The molecule has 2 atom stereocenters. The zero-order chi connectivity index (χ0) is 22.6. The van der Waals surface area contributed by atoms with Crippen molar-refractivity contribution < 1.29 is 18.1 Å². The molecule has 0 spiro atoms. The number of amides is 1. The number of sulfonamides is 1. The highest BCUT2D eigenvalue weighted by molar-refractivity contribution is 7.92. The van der Waals surface area contributed by atoms with Crippen LogP contribution >= 0.6 is 0 Å². The van der Waals surface area contributed by atoms with Crippen LogP contribution in [0, 0.1) is 24.0 Å². The Kier molecular flexibility index (Phi) is 7.20. The number of carbonyl (C=O) groups is 1. The number of benzene rings is 2. The van der Waals surface area contributed by atoms with Crippen LogP contribution in [-0.2, 0) is 14.8 Å². The summed E-state index contributed by atoms with van der Waals surface area (Å²) in [6.45, 7) is 7.13. The molecule has 0 aliphatic carbocycles. The summed E-state index contributed by atoms with van der Waals surface area (Å²) in [6.07, 6.45) is 1.19. The van der Waals surface area contributed by atoms with Crippen LogP contribution in [-0.4, -0.2) is 31.5 Å². The van der Waals surface area contributed by atoms with E-state index in [0.29, 0.717) is 5.56 Å². The first-order valence-corrected chi connectivity index (χ1v) is 11.4. The second kappa shape index (κ2) is 9.25. The lowest BCUT2D eigenvalue weighted by Crippen LogP contribution is -2.50. The van der Waals surface area contributed by atoms with Gasteiger partial charge in [-0.3, -0.25) is 19.2 Å². The van der Waals surface area contributed by atoms with E-state index in [4.69, 9.17) is 0 Å². The Balaban J connectivity index is 2.42. The largest absolute Gasteiger partial charge is 0.348 e.